The summed E-state index contributed by atoms with van der Waals surface area (Å²) in [6.07, 6.45) is 0. The third-order valence-corrected chi connectivity index (χ3v) is 3.70. The summed E-state index contributed by atoms with van der Waals surface area (Å²) in [7, 11) is 0. The molecule has 0 radical (unpaired) electrons. The van der Waals surface area contributed by atoms with Gasteiger partial charge in [-0.2, -0.15) is 0 Å². The van der Waals surface area contributed by atoms with E-state index in [0.717, 1.165) is 16.8 Å². The highest BCUT2D eigenvalue weighted by atomic mass is 16.4. The van der Waals surface area contributed by atoms with Gasteiger partial charge in [-0.3, -0.25) is 0 Å². The van der Waals surface area contributed by atoms with Gasteiger partial charge in [-0.05, 0) is 37.6 Å². The van der Waals surface area contributed by atoms with Crippen LogP contribution in [0.2, 0.25) is 0 Å². The van der Waals surface area contributed by atoms with Crippen molar-refractivity contribution in [1.29, 1.82) is 0 Å². The predicted molar refractivity (Wildman–Crippen MR) is 87.6 cm³/mol. The topological polar surface area (TPSA) is 94.0 Å². The highest BCUT2D eigenvalue weighted by Gasteiger charge is 2.21. The normalized spacial score (nSPS) is 10.7. The van der Waals surface area contributed by atoms with Gasteiger partial charge in [0.2, 0.25) is 0 Å². The molecule has 0 unspecified atom stereocenters. The average molecular weight is 308 g/mol. The summed E-state index contributed by atoms with van der Waals surface area (Å²) in [4.78, 5) is 11.5. The van der Waals surface area contributed by atoms with Crippen LogP contribution in [0.1, 0.15) is 21.6 Å². The molecular formula is C17H16N4O2. The van der Waals surface area contributed by atoms with Crippen LogP contribution in [0.3, 0.4) is 0 Å². The first kappa shape index (κ1) is 14.8. The van der Waals surface area contributed by atoms with Gasteiger partial charge in [0.05, 0.1) is 5.69 Å². The van der Waals surface area contributed by atoms with E-state index in [-0.39, 0.29) is 5.69 Å². The molecule has 0 spiro atoms. The molecule has 2 aromatic carbocycles. The van der Waals surface area contributed by atoms with E-state index < -0.39 is 5.97 Å². The first-order chi connectivity index (χ1) is 11.0. The number of anilines is 1. The maximum atomic E-state index is 11.5. The Morgan fingerprint density at radius 3 is 2.43 bits per heavy atom. The molecule has 0 aliphatic heterocycles. The molecule has 0 amide bonds. The van der Waals surface area contributed by atoms with Crippen molar-refractivity contribution < 1.29 is 9.90 Å². The molecule has 23 heavy (non-hydrogen) atoms. The van der Waals surface area contributed by atoms with Crippen LogP contribution in [0.15, 0.2) is 42.5 Å². The predicted octanol–water partition coefficient (Wildman–Crippen LogP) is 2.83. The number of hydrogen-bond donors (Lipinski definition) is 2. The van der Waals surface area contributed by atoms with Gasteiger partial charge in [0.15, 0.2) is 5.69 Å². The number of carboxylic acid groups (broad SMARTS) is 1. The number of hydrogen-bond acceptors (Lipinski definition) is 4. The Kier molecular flexibility index (Phi) is 3.57. The smallest absolute Gasteiger partial charge is 0.358 e. The lowest BCUT2D eigenvalue weighted by atomic mass is 10.1. The summed E-state index contributed by atoms with van der Waals surface area (Å²) in [5, 5.41) is 17.2. The van der Waals surface area contributed by atoms with E-state index in [1.54, 1.807) is 6.07 Å². The zero-order valence-electron chi connectivity index (χ0n) is 12.8. The first-order valence-electron chi connectivity index (χ1n) is 7.10. The van der Waals surface area contributed by atoms with Gasteiger partial charge in [-0.1, -0.05) is 35.0 Å². The number of benzene rings is 2. The van der Waals surface area contributed by atoms with Crippen LogP contribution in [0.5, 0.6) is 0 Å². The molecule has 0 aliphatic rings. The highest BCUT2D eigenvalue weighted by molar-refractivity contribution is 5.93. The fourth-order valence-electron chi connectivity index (χ4n) is 2.34. The minimum absolute atomic E-state index is 0.103. The van der Waals surface area contributed by atoms with Gasteiger partial charge in [0, 0.05) is 11.3 Å². The van der Waals surface area contributed by atoms with Crippen molar-refractivity contribution in [2.45, 2.75) is 13.8 Å². The molecule has 6 heteroatoms. The Morgan fingerprint density at radius 2 is 1.83 bits per heavy atom. The lowest BCUT2D eigenvalue weighted by Gasteiger charge is -2.09. The Morgan fingerprint density at radius 1 is 1.13 bits per heavy atom. The largest absolute Gasteiger partial charge is 0.476 e. The van der Waals surface area contributed by atoms with Gasteiger partial charge in [-0.25, -0.2) is 9.48 Å². The third kappa shape index (κ3) is 2.66. The number of carboxylic acids is 1. The van der Waals surface area contributed by atoms with E-state index in [4.69, 9.17) is 5.73 Å². The van der Waals surface area contributed by atoms with Gasteiger partial charge < -0.3 is 10.8 Å². The average Bonchev–Trinajstić information content (AvgIpc) is 2.96. The Labute approximate surface area is 133 Å². The second-order valence-electron chi connectivity index (χ2n) is 5.41. The maximum Gasteiger partial charge on any atom is 0.358 e. The third-order valence-electron chi connectivity index (χ3n) is 3.70. The number of nitrogen functional groups attached to an aromatic ring is 1. The molecule has 3 rings (SSSR count). The van der Waals surface area contributed by atoms with E-state index >= 15 is 0 Å². The monoisotopic (exact) mass is 308 g/mol. The number of aryl methyl sites for hydroxylation is 2. The SMILES string of the molecule is Cc1ccc(-n2nnc(C(=O)O)c2-c2ccc(C)c(N)c2)cc1. The van der Waals surface area contributed by atoms with E-state index in [9.17, 15) is 9.90 Å². The number of nitrogens with two attached hydrogens (primary N) is 1. The summed E-state index contributed by atoms with van der Waals surface area (Å²) in [5.41, 5.74) is 10.3. The van der Waals surface area contributed by atoms with Crippen LogP contribution in [0.4, 0.5) is 5.69 Å². The molecule has 0 saturated heterocycles. The van der Waals surface area contributed by atoms with Gasteiger partial charge in [0.25, 0.3) is 0 Å². The van der Waals surface area contributed by atoms with Crippen LogP contribution in [-0.4, -0.2) is 26.1 Å². The van der Waals surface area contributed by atoms with Crippen molar-refractivity contribution in [1.82, 2.24) is 15.0 Å². The van der Waals surface area contributed by atoms with Crippen LogP contribution >= 0.6 is 0 Å². The number of aromatic carboxylic acids is 1. The van der Waals surface area contributed by atoms with Crippen LogP contribution in [0, 0.1) is 13.8 Å². The summed E-state index contributed by atoms with van der Waals surface area (Å²) >= 11 is 0. The van der Waals surface area contributed by atoms with Crippen molar-refractivity contribution >= 4 is 11.7 Å². The Hall–Kier alpha value is -3.15. The molecule has 1 aromatic heterocycles. The summed E-state index contributed by atoms with van der Waals surface area (Å²) < 4.78 is 1.52. The van der Waals surface area contributed by atoms with Crippen LogP contribution < -0.4 is 5.73 Å². The lowest BCUT2D eigenvalue weighted by molar-refractivity contribution is 0.0691. The second kappa shape index (κ2) is 5.57. The van der Waals surface area contributed by atoms with Crippen molar-refractivity contribution in [3.05, 3.63) is 59.3 Å². The molecule has 0 saturated carbocycles. The van der Waals surface area contributed by atoms with Crippen LogP contribution in [-0.2, 0) is 0 Å². The maximum absolute atomic E-state index is 11.5. The van der Waals surface area contributed by atoms with Gasteiger partial charge in [0.1, 0.15) is 5.69 Å². The zero-order valence-corrected chi connectivity index (χ0v) is 12.8. The fourth-order valence-corrected chi connectivity index (χ4v) is 2.34. The Balaban J connectivity index is 2.24. The number of aromatic nitrogens is 3. The molecule has 6 nitrogen and oxygen atoms in total. The quantitative estimate of drug-likeness (QED) is 0.726. The first-order valence-corrected chi connectivity index (χ1v) is 7.10. The summed E-state index contributed by atoms with van der Waals surface area (Å²) in [5.74, 6) is -1.13. The van der Waals surface area contributed by atoms with E-state index in [1.807, 2.05) is 50.2 Å². The fraction of sp³-hybridized carbons (Fsp3) is 0.118. The highest BCUT2D eigenvalue weighted by Crippen LogP contribution is 2.28. The van der Waals surface area contributed by atoms with Crippen molar-refractivity contribution in [3.8, 4) is 16.9 Å². The molecule has 0 atom stereocenters. The number of rotatable bonds is 3. The van der Waals surface area contributed by atoms with Crippen molar-refractivity contribution in [2.24, 2.45) is 0 Å². The molecule has 116 valence electrons. The second-order valence-corrected chi connectivity index (χ2v) is 5.41. The van der Waals surface area contributed by atoms with Crippen molar-refractivity contribution in [2.75, 3.05) is 5.73 Å². The van der Waals surface area contributed by atoms with E-state index in [0.29, 0.717) is 16.9 Å². The number of carbonyl (C=O) groups is 1. The summed E-state index contributed by atoms with van der Waals surface area (Å²) in [6, 6.07) is 13.0. The molecule has 0 bridgehead atoms. The lowest BCUT2D eigenvalue weighted by Crippen LogP contribution is -2.04. The van der Waals surface area contributed by atoms with E-state index in [1.165, 1.54) is 4.68 Å². The van der Waals surface area contributed by atoms with Crippen molar-refractivity contribution in [3.63, 3.8) is 0 Å². The molecule has 0 fully saturated rings. The molecule has 0 aliphatic carbocycles. The molecule has 3 N–H and O–H groups in total. The Bertz CT molecular complexity index is 882. The molecule has 3 aromatic rings. The standard InChI is InChI=1S/C17H16N4O2/c1-10-3-7-13(8-4-10)21-16(15(17(22)23)19-20-21)12-6-5-11(2)14(18)9-12/h3-9H,18H2,1-2H3,(H,22,23). The minimum atomic E-state index is -1.13. The van der Waals surface area contributed by atoms with Gasteiger partial charge >= 0.3 is 5.97 Å². The van der Waals surface area contributed by atoms with Gasteiger partial charge in [-0.15, -0.1) is 5.10 Å². The molecular weight excluding hydrogens is 292 g/mol. The summed E-state index contributed by atoms with van der Waals surface area (Å²) in [6.45, 7) is 3.88. The minimum Gasteiger partial charge on any atom is -0.476 e. The molecule has 1 heterocycles. The van der Waals surface area contributed by atoms with Crippen LogP contribution in [0.25, 0.3) is 16.9 Å². The number of nitrogens with zero attached hydrogens (tertiary/aromatic N) is 3. The zero-order chi connectivity index (χ0) is 16.6. The van der Waals surface area contributed by atoms with E-state index in [2.05, 4.69) is 10.3 Å².